The van der Waals surface area contributed by atoms with Crippen LogP contribution in [0.15, 0.2) is 5.38 Å². The molecule has 0 aromatic carbocycles. The fraction of sp³-hybridized carbons (Fsp3) is 0.733. The lowest BCUT2D eigenvalue weighted by atomic mass is 9.98. The van der Waals surface area contributed by atoms with Gasteiger partial charge in [0.2, 0.25) is 5.91 Å². The normalized spacial score (nSPS) is 19.2. The van der Waals surface area contributed by atoms with Crippen LogP contribution in [-0.4, -0.2) is 41.5 Å². The van der Waals surface area contributed by atoms with Crippen molar-refractivity contribution in [3.8, 4) is 0 Å². The second-order valence-corrected chi connectivity index (χ2v) is 6.92. The fourth-order valence-corrected chi connectivity index (χ4v) is 3.41. The number of aromatic nitrogens is 1. The molecule has 0 bridgehead atoms. The van der Waals surface area contributed by atoms with Crippen molar-refractivity contribution >= 4 is 22.4 Å². The lowest BCUT2D eigenvalue weighted by molar-refractivity contribution is -0.114. The number of carbonyl (C=O) groups excluding carboxylic acids is 1. The average molecular weight is 310 g/mol. The van der Waals surface area contributed by atoms with E-state index in [1.165, 1.54) is 31.1 Å². The molecule has 1 fully saturated rings. The van der Waals surface area contributed by atoms with Crippen LogP contribution in [0.5, 0.6) is 0 Å². The van der Waals surface area contributed by atoms with E-state index < -0.39 is 0 Å². The standard InChI is InChI=1S/C15H26N4OS/c1-11(2)19(8-13-5-4-6-16-7-13)9-14-10-21-15(18-14)17-12(3)20/h10-11,13,16H,4-9H2,1-3H3,(H,17,18,20). The Morgan fingerprint density at radius 3 is 3.05 bits per heavy atom. The molecule has 2 rings (SSSR count). The van der Waals surface area contributed by atoms with Gasteiger partial charge in [0, 0.05) is 31.4 Å². The fourth-order valence-electron chi connectivity index (χ4n) is 2.67. The first-order valence-corrected chi connectivity index (χ1v) is 8.59. The molecule has 1 saturated heterocycles. The number of nitrogens with zero attached hydrogens (tertiary/aromatic N) is 2. The minimum Gasteiger partial charge on any atom is -0.316 e. The minimum atomic E-state index is -0.0649. The summed E-state index contributed by atoms with van der Waals surface area (Å²) in [5, 5.41) is 8.97. The van der Waals surface area contributed by atoms with Gasteiger partial charge in [-0.25, -0.2) is 4.98 Å². The first-order valence-electron chi connectivity index (χ1n) is 7.71. The minimum absolute atomic E-state index is 0.0649. The molecule has 1 unspecified atom stereocenters. The molecule has 0 radical (unpaired) electrons. The van der Waals surface area contributed by atoms with Gasteiger partial charge in [-0.15, -0.1) is 11.3 Å². The van der Waals surface area contributed by atoms with Crippen molar-refractivity contribution in [2.45, 2.75) is 46.2 Å². The highest BCUT2D eigenvalue weighted by Gasteiger charge is 2.20. The van der Waals surface area contributed by atoms with Gasteiger partial charge in [0.05, 0.1) is 5.69 Å². The first kappa shape index (κ1) is 16.4. The number of rotatable bonds is 6. The van der Waals surface area contributed by atoms with Gasteiger partial charge in [0.15, 0.2) is 5.13 Å². The van der Waals surface area contributed by atoms with Crippen molar-refractivity contribution in [3.05, 3.63) is 11.1 Å². The molecule has 1 aromatic heterocycles. The molecular formula is C15H26N4OS. The first-order chi connectivity index (χ1) is 10.0. The van der Waals surface area contributed by atoms with E-state index in [1.54, 1.807) is 0 Å². The molecule has 1 amide bonds. The molecule has 6 heteroatoms. The quantitative estimate of drug-likeness (QED) is 0.846. The van der Waals surface area contributed by atoms with E-state index in [0.717, 1.165) is 37.8 Å². The molecule has 2 N–H and O–H groups in total. The Balaban J connectivity index is 1.92. The van der Waals surface area contributed by atoms with Gasteiger partial charge in [-0.1, -0.05) is 0 Å². The second-order valence-electron chi connectivity index (χ2n) is 6.06. The molecule has 0 saturated carbocycles. The monoisotopic (exact) mass is 310 g/mol. The summed E-state index contributed by atoms with van der Waals surface area (Å²) in [4.78, 5) is 18.0. The van der Waals surface area contributed by atoms with E-state index in [2.05, 4.69) is 34.4 Å². The molecule has 2 heterocycles. The highest BCUT2D eigenvalue weighted by atomic mass is 32.1. The number of carbonyl (C=O) groups is 1. The average Bonchev–Trinajstić information content (AvgIpc) is 2.85. The third kappa shape index (κ3) is 5.37. The van der Waals surface area contributed by atoms with Crippen LogP contribution in [-0.2, 0) is 11.3 Å². The Morgan fingerprint density at radius 1 is 1.62 bits per heavy atom. The summed E-state index contributed by atoms with van der Waals surface area (Å²) < 4.78 is 0. The summed E-state index contributed by atoms with van der Waals surface area (Å²) in [5.74, 6) is 0.666. The molecule has 1 aliphatic rings. The van der Waals surface area contributed by atoms with Gasteiger partial charge in [-0.05, 0) is 45.7 Å². The molecule has 118 valence electrons. The lowest BCUT2D eigenvalue weighted by Gasteiger charge is -2.32. The van der Waals surface area contributed by atoms with E-state index in [1.807, 2.05) is 5.38 Å². The number of thiazole rings is 1. The Morgan fingerprint density at radius 2 is 2.43 bits per heavy atom. The summed E-state index contributed by atoms with van der Waals surface area (Å²) in [7, 11) is 0. The summed E-state index contributed by atoms with van der Waals surface area (Å²) >= 11 is 1.50. The Bertz CT molecular complexity index is 454. The van der Waals surface area contributed by atoms with Crippen LogP contribution < -0.4 is 10.6 Å². The van der Waals surface area contributed by atoms with Crippen LogP contribution in [0.2, 0.25) is 0 Å². The number of nitrogens with one attached hydrogen (secondary N) is 2. The predicted molar refractivity (Wildman–Crippen MR) is 87.6 cm³/mol. The number of amides is 1. The zero-order valence-electron chi connectivity index (χ0n) is 13.2. The zero-order valence-corrected chi connectivity index (χ0v) is 14.0. The van der Waals surface area contributed by atoms with Crippen LogP contribution in [0.4, 0.5) is 5.13 Å². The lowest BCUT2D eigenvalue weighted by Crippen LogP contribution is -2.40. The number of hydrogen-bond acceptors (Lipinski definition) is 5. The predicted octanol–water partition coefficient (Wildman–Crippen LogP) is 2.31. The summed E-state index contributed by atoms with van der Waals surface area (Å²) in [6, 6.07) is 0.498. The van der Waals surface area contributed by atoms with Crippen LogP contribution in [0, 0.1) is 5.92 Å². The van der Waals surface area contributed by atoms with Gasteiger partial charge in [0.1, 0.15) is 0 Å². The summed E-state index contributed by atoms with van der Waals surface area (Å²) in [6.07, 6.45) is 2.59. The maximum atomic E-state index is 11.1. The summed E-state index contributed by atoms with van der Waals surface area (Å²) in [6.45, 7) is 10.2. The maximum absolute atomic E-state index is 11.1. The van der Waals surface area contributed by atoms with Crippen molar-refractivity contribution in [2.24, 2.45) is 5.92 Å². The largest absolute Gasteiger partial charge is 0.316 e. The van der Waals surface area contributed by atoms with E-state index in [0.29, 0.717) is 11.2 Å². The number of hydrogen-bond donors (Lipinski definition) is 2. The van der Waals surface area contributed by atoms with Crippen molar-refractivity contribution in [2.75, 3.05) is 25.0 Å². The second kappa shape index (κ2) is 7.87. The van der Waals surface area contributed by atoms with Crippen LogP contribution in [0.1, 0.15) is 39.3 Å². The molecule has 1 atom stereocenters. The van der Waals surface area contributed by atoms with Crippen molar-refractivity contribution < 1.29 is 4.79 Å². The van der Waals surface area contributed by atoms with E-state index in [4.69, 9.17) is 0 Å². The number of piperidine rings is 1. The van der Waals surface area contributed by atoms with Gasteiger partial charge in [-0.3, -0.25) is 9.69 Å². The highest BCUT2D eigenvalue weighted by molar-refractivity contribution is 7.13. The molecule has 1 aromatic rings. The molecule has 0 spiro atoms. The SMILES string of the molecule is CC(=O)Nc1nc(CN(CC2CCCNC2)C(C)C)cs1. The smallest absolute Gasteiger partial charge is 0.223 e. The third-order valence-corrected chi connectivity index (χ3v) is 4.63. The maximum Gasteiger partial charge on any atom is 0.223 e. The van der Waals surface area contributed by atoms with Crippen molar-refractivity contribution in [3.63, 3.8) is 0 Å². The van der Waals surface area contributed by atoms with Crippen molar-refractivity contribution in [1.82, 2.24) is 15.2 Å². The summed E-state index contributed by atoms with van der Waals surface area (Å²) in [5.41, 5.74) is 1.04. The van der Waals surface area contributed by atoms with E-state index in [-0.39, 0.29) is 5.91 Å². The highest BCUT2D eigenvalue weighted by Crippen LogP contribution is 2.19. The topological polar surface area (TPSA) is 57.3 Å². The molecule has 5 nitrogen and oxygen atoms in total. The van der Waals surface area contributed by atoms with Gasteiger partial charge < -0.3 is 10.6 Å². The van der Waals surface area contributed by atoms with Crippen molar-refractivity contribution in [1.29, 1.82) is 0 Å². The van der Waals surface area contributed by atoms with Crippen LogP contribution in [0.25, 0.3) is 0 Å². The zero-order chi connectivity index (χ0) is 15.2. The third-order valence-electron chi connectivity index (χ3n) is 3.82. The van der Waals surface area contributed by atoms with Crippen LogP contribution >= 0.6 is 11.3 Å². The van der Waals surface area contributed by atoms with Gasteiger partial charge >= 0.3 is 0 Å². The van der Waals surface area contributed by atoms with Crippen LogP contribution in [0.3, 0.4) is 0 Å². The molecule has 1 aliphatic heterocycles. The Hall–Kier alpha value is -0.980. The Labute approximate surface area is 131 Å². The van der Waals surface area contributed by atoms with Gasteiger partial charge in [0.25, 0.3) is 0 Å². The van der Waals surface area contributed by atoms with E-state index >= 15 is 0 Å². The molecule has 21 heavy (non-hydrogen) atoms. The van der Waals surface area contributed by atoms with E-state index in [9.17, 15) is 4.79 Å². The molecular weight excluding hydrogens is 284 g/mol. The molecule has 0 aliphatic carbocycles. The Kier molecular flexibility index (Phi) is 6.14. The van der Waals surface area contributed by atoms with Gasteiger partial charge in [-0.2, -0.15) is 0 Å². The number of anilines is 1.